The monoisotopic (exact) mass is 675 g/mol. The second-order valence-corrected chi connectivity index (χ2v) is 9.86. The average Bonchev–Trinajstić information content (AvgIpc) is 2.97. The molecule has 15 heteroatoms. The number of carbonyl (C=O) groups excluding carboxylic acids is 5. The Balaban J connectivity index is 0.000000338. The largest absolute Gasteiger partial charge is 0.862 e. The molecule has 0 aliphatic heterocycles. The summed E-state index contributed by atoms with van der Waals surface area (Å²) in [5.74, 6) is -1.61. The van der Waals surface area contributed by atoms with E-state index >= 15 is 0 Å². The molecule has 2 aromatic rings. The molecule has 0 N–H and O–H groups in total. The maximum absolute atomic E-state index is 11.0. The van der Waals surface area contributed by atoms with Gasteiger partial charge in [0.2, 0.25) is 29.5 Å². The van der Waals surface area contributed by atoms with Gasteiger partial charge in [0.1, 0.15) is 0 Å². The molecule has 0 bridgehead atoms. The van der Waals surface area contributed by atoms with E-state index in [1.165, 1.54) is 41.5 Å². The molecule has 0 aromatic heterocycles. The Morgan fingerprint density at radius 2 is 0.800 bits per heavy atom. The number of amides is 5. The minimum atomic E-state index is -0.288. The Morgan fingerprint density at radius 3 is 1.02 bits per heavy atom. The van der Waals surface area contributed by atoms with E-state index in [-0.39, 0.29) is 35.4 Å². The van der Waals surface area contributed by atoms with E-state index in [4.69, 9.17) is 35.3 Å². The van der Waals surface area contributed by atoms with Crippen LogP contribution in [0.15, 0.2) is 87.8 Å². The van der Waals surface area contributed by atoms with Gasteiger partial charge in [0, 0.05) is 69.9 Å². The van der Waals surface area contributed by atoms with Gasteiger partial charge in [0.05, 0.1) is 34.2 Å². The van der Waals surface area contributed by atoms with Gasteiger partial charge >= 0.3 is 0 Å². The summed E-state index contributed by atoms with van der Waals surface area (Å²) in [6.45, 7) is 8.20. The SMILES string of the molecule is CC(=O)N(Cl)c1ccc(N(Cl)C(C)=O)cc1.CC(=O)N(Cl)c1ccc(N=C(C)[O-])cc1.CC(=O)N=C1C=CC(=NC(C)=O)C=C1. The Morgan fingerprint density at radius 1 is 0.533 bits per heavy atom. The fourth-order valence-electron chi connectivity index (χ4n) is 3.06. The van der Waals surface area contributed by atoms with Crippen molar-refractivity contribution in [3.05, 3.63) is 72.8 Å². The summed E-state index contributed by atoms with van der Waals surface area (Å²) in [5, 5.41) is 10.7. The third-order valence-electron chi connectivity index (χ3n) is 4.92. The summed E-state index contributed by atoms with van der Waals surface area (Å²) >= 11 is 17.1. The van der Waals surface area contributed by atoms with Crippen molar-refractivity contribution in [2.75, 3.05) is 13.3 Å². The number of carbonyl (C=O) groups is 5. The van der Waals surface area contributed by atoms with Gasteiger partial charge < -0.3 is 5.11 Å². The molecule has 0 heterocycles. The average molecular weight is 677 g/mol. The zero-order valence-electron chi connectivity index (χ0n) is 25.2. The van der Waals surface area contributed by atoms with Crippen LogP contribution >= 0.6 is 35.3 Å². The van der Waals surface area contributed by atoms with E-state index in [2.05, 4.69) is 15.0 Å². The summed E-state index contributed by atoms with van der Waals surface area (Å²) in [5.41, 5.74) is 3.27. The van der Waals surface area contributed by atoms with Crippen molar-refractivity contribution < 1.29 is 29.1 Å². The summed E-state index contributed by atoms with van der Waals surface area (Å²) < 4.78 is 2.96. The lowest BCUT2D eigenvalue weighted by atomic mass is 10.1. The summed E-state index contributed by atoms with van der Waals surface area (Å²) in [6, 6.07) is 12.9. The van der Waals surface area contributed by atoms with Crippen LogP contribution in [0.1, 0.15) is 41.5 Å². The van der Waals surface area contributed by atoms with Crippen LogP contribution in [0.2, 0.25) is 0 Å². The first-order valence-electron chi connectivity index (χ1n) is 12.9. The first kappa shape index (κ1) is 38.4. The second-order valence-electron chi connectivity index (χ2n) is 8.84. The number of allylic oxidation sites excluding steroid dienone is 4. The fraction of sp³-hybridized carbons (Fsp3) is 0.200. The fourth-order valence-corrected chi connectivity index (χ4v) is 3.40. The molecule has 1 aliphatic carbocycles. The van der Waals surface area contributed by atoms with Crippen LogP contribution in [0.5, 0.6) is 0 Å². The first-order chi connectivity index (χ1) is 21.0. The lowest BCUT2D eigenvalue weighted by molar-refractivity contribution is -0.215. The van der Waals surface area contributed by atoms with E-state index in [9.17, 15) is 29.1 Å². The van der Waals surface area contributed by atoms with Crippen molar-refractivity contribution in [1.29, 1.82) is 0 Å². The van der Waals surface area contributed by atoms with Gasteiger partial charge in [0.15, 0.2) is 0 Å². The topological polar surface area (TPSA) is 155 Å². The maximum Gasteiger partial charge on any atom is 0.243 e. The van der Waals surface area contributed by atoms with Crippen LogP contribution in [0.3, 0.4) is 0 Å². The van der Waals surface area contributed by atoms with Crippen LogP contribution in [-0.2, 0) is 24.0 Å². The molecule has 238 valence electrons. The molecule has 3 rings (SSSR count). The molecule has 2 aromatic carbocycles. The minimum absolute atomic E-state index is 0.249. The van der Waals surface area contributed by atoms with E-state index in [1.54, 1.807) is 72.8 Å². The number of nitrogens with zero attached hydrogens (tertiary/aromatic N) is 6. The molecular formula is C30H30Cl3N6O6-. The minimum Gasteiger partial charge on any atom is -0.862 e. The predicted octanol–water partition coefficient (Wildman–Crippen LogP) is 5.39. The van der Waals surface area contributed by atoms with Crippen molar-refractivity contribution in [1.82, 2.24) is 0 Å². The van der Waals surface area contributed by atoms with E-state index in [0.717, 1.165) is 13.3 Å². The van der Waals surface area contributed by atoms with Crippen LogP contribution in [0.4, 0.5) is 22.7 Å². The Kier molecular flexibility index (Phi) is 16.1. The van der Waals surface area contributed by atoms with Crippen LogP contribution in [-0.4, -0.2) is 46.9 Å². The first-order valence-corrected chi connectivity index (χ1v) is 13.9. The molecule has 0 saturated heterocycles. The van der Waals surface area contributed by atoms with Gasteiger partial charge in [0.25, 0.3) is 0 Å². The lowest BCUT2D eigenvalue weighted by Crippen LogP contribution is -2.18. The molecule has 0 fully saturated rings. The van der Waals surface area contributed by atoms with Crippen LogP contribution in [0.25, 0.3) is 0 Å². The van der Waals surface area contributed by atoms with E-state index < -0.39 is 0 Å². The number of hydrogen-bond acceptors (Lipinski definition) is 7. The molecule has 1 aliphatic rings. The highest BCUT2D eigenvalue weighted by atomic mass is 35.5. The third kappa shape index (κ3) is 14.6. The molecule has 0 radical (unpaired) electrons. The number of aliphatic imine (C=N–C) groups is 3. The van der Waals surface area contributed by atoms with Crippen molar-refractivity contribution in [2.45, 2.75) is 41.5 Å². The lowest BCUT2D eigenvalue weighted by Gasteiger charge is -2.14. The molecule has 5 amide bonds. The molecule has 45 heavy (non-hydrogen) atoms. The molecule has 0 atom stereocenters. The number of anilines is 3. The number of hydrogen-bond donors (Lipinski definition) is 0. The van der Waals surface area contributed by atoms with Gasteiger partial charge in [-0.25, -0.2) is 23.2 Å². The van der Waals surface area contributed by atoms with Gasteiger partial charge in [-0.1, -0.05) is 0 Å². The third-order valence-corrected chi connectivity index (χ3v) is 6.22. The van der Waals surface area contributed by atoms with Crippen molar-refractivity contribution in [3.8, 4) is 0 Å². The maximum atomic E-state index is 11.0. The van der Waals surface area contributed by atoms with Gasteiger partial charge in [-0.3, -0.25) is 29.0 Å². The van der Waals surface area contributed by atoms with E-state index in [1.807, 2.05) is 0 Å². The Labute approximate surface area is 275 Å². The Hall–Kier alpha value is -4.65. The van der Waals surface area contributed by atoms with Crippen molar-refractivity contribution in [3.63, 3.8) is 0 Å². The standard InChI is InChI=1S/C10H10Cl2N2O2.C10H11ClN2O2.C10H10N2O2/c1-7(15)13(11)9-3-5-10(6-4-9)14(12)8(2)16;1-7(14)12-9-3-5-10(6-4-9)13(11)8(2)15;1-7(13)11-9-3-5-10(6-4-9)12-8(2)14/h3-6H,1-2H3;3-6H,1-2H3,(H,12,14);3-6H,1-2H3/p-1. The molecule has 0 spiro atoms. The Bertz CT molecular complexity index is 1450. The predicted molar refractivity (Wildman–Crippen MR) is 177 cm³/mol. The van der Waals surface area contributed by atoms with Gasteiger partial charge in [-0.05, 0) is 85.7 Å². The molecule has 12 nitrogen and oxygen atoms in total. The van der Waals surface area contributed by atoms with Crippen molar-refractivity contribution >= 4 is 105 Å². The highest BCUT2D eigenvalue weighted by Crippen LogP contribution is 2.23. The van der Waals surface area contributed by atoms with Crippen molar-refractivity contribution in [2.24, 2.45) is 15.0 Å². The summed E-state index contributed by atoms with van der Waals surface area (Å²) in [7, 11) is 0. The quantitative estimate of drug-likeness (QED) is 0.183. The summed E-state index contributed by atoms with van der Waals surface area (Å²) in [6.07, 6.45) is 6.57. The van der Waals surface area contributed by atoms with Crippen LogP contribution < -0.4 is 18.4 Å². The zero-order chi connectivity index (χ0) is 34.3. The number of benzene rings is 2. The molecule has 0 saturated carbocycles. The smallest absolute Gasteiger partial charge is 0.243 e. The number of halogens is 3. The van der Waals surface area contributed by atoms with E-state index in [0.29, 0.717) is 34.2 Å². The van der Waals surface area contributed by atoms with Crippen LogP contribution in [0, 0.1) is 0 Å². The summed E-state index contributed by atoms with van der Waals surface area (Å²) in [4.78, 5) is 65.3. The zero-order valence-corrected chi connectivity index (χ0v) is 27.5. The normalized spacial score (nSPS) is 11.6. The van der Waals surface area contributed by atoms with Gasteiger partial charge in [-0.15, -0.1) is 0 Å². The molecular weight excluding hydrogens is 647 g/mol. The highest BCUT2D eigenvalue weighted by molar-refractivity contribution is 6.37. The molecule has 0 unspecified atom stereocenters. The number of rotatable bonds is 4. The second kappa shape index (κ2) is 18.9. The highest BCUT2D eigenvalue weighted by Gasteiger charge is 2.11. The van der Waals surface area contributed by atoms with Gasteiger partial charge in [-0.2, -0.15) is 0 Å².